The van der Waals surface area contributed by atoms with Gasteiger partial charge in [-0.1, -0.05) is 26.8 Å². The molecule has 1 saturated carbocycles. The predicted octanol–water partition coefficient (Wildman–Crippen LogP) is 2.45. The SMILES string of the molecule is CC12CC=C(C(=O)O)C(C1)C2(C)C. The van der Waals surface area contributed by atoms with E-state index in [4.69, 9.17) is 5.11 Å². The Hall–Kier alpha value is -0.790. The first-order valence-electron chi connectivity index (χ1n) is 4.82. The van der Waals surface area contributed by atoms with E-state index < -0.39 is 5.97 Å². The third-order valence-corrected chi connectivity index (χ3v) is 4.48. The number of hydrogen-bond acceptors (Lipinski definition) is 1. The molecule has 0 aromatic carbocycles. The van der Waals surface area contributed by atoms with Crippen LogP contribution in [0.4, 0.5) is 0 Å². The van der Waals surface area contributed by atoms with Gasteiger partial charge in [0.05, 0.1) is 0 Å². The van der Waals surface area contributed by atoms with E-state index in [-0.39, 0.29) is 11.3 Å². The lowest BCUT2D eigenvalue weighted by atomic mass is 9.41. The topological polar surface area (TPSA) is 37.3 Å². The fraction of sp³-hybridized carbons (Fsp3) is 0.727. The summed E-state index contributed by atoms with van der Waals surface area (Å²) in [4.78, 5) is 10.9. The first kappa shape index (κ1) is 8.79. The van der Waals surface area contributed by atoms with E-state index in [1.54, 1.807) is 0 Å². The second-order valence-corrected chi connectivity index (χ2v) is 5.21. The molecular weight excluding hydrogens is 164 g/mol. The van der Waals surface area contributed by atoms with Crippen LogP contribution in [0.25, 0.3) is 0 Å². The van der Waals surface area contributed by atoms with Crippen molar-refractivity contribution >= 4 is 5.97 Å². The smallest absolute Gasteiger partial charge is 0.331 e. The minimum absolute atomic E-state index is 0.176. The van der Waals surface area contributed by atoms with Gasteiger partial charge in [0.15, 0.2) is 0 Å². The minimum atomic E-state index is -0.722. The molecule has 3 aliphatic carbocycles. The summed E-state index contributed by atoms with van der Waals surface area (Å²) >= 11 is 0. The molecule has 1 N–H and O–H groups in total. The van der Waals surface area contributed by atoms with Crippen LogP contribution < -0.4 is 0 Å². The highest BCUT2D eigenvalue weighted by Gasteiger charge is 2.60. The van der Waals surface area contributed by atoms with Crippen LogP contribution in [0.15, 0.2) is 11.6 Å². The molecule has 2 atom stereocenters. The minimum Gasteiger partial charge on any atom is -0.478 e. The quantitative estimate of drug-likeness (QED) is 0.673. The summed E-state index contributed by atoms with van der Waals surface area (Å²) in [7, 11) is 0. The van der Waals surface area contributed by atoms with E-state index in [1.807, 2.05) is 6.08 Å². The Balaban J connectivity index is 2.36. The average molecular weight is 180 g/mol. The monoisotopic (exact) mass is 180 g/mol. The van der Waals surface area contributed by atoms with E-state index in [9.17, 15) is 4.79 Å². The van der Waals surface area contributed by atoms with Crippen molar-refractivity contribution in [2.24, 2.45) is 16.7 Å². The van der Waals surface area contributed by atoms with Gasteiger partial charge in [0, 0.05) is 5.57 Å². The van der Waals surface area contributed by atoms with Gasteiger partial charge in [0.2, 0.25) is 0 Å². The molecule has 0 amide bonds. The summed E-state index contributed by atoms with van der Waals surface area (Å²) in [5, 5.41) is 8.98. The van der Waals surface area contributed by atoms with Crippen molar-refractivity contribution in [3.8, 4) is 0 Å². The molecule has 72 valence electrons. The first-order valence-corrected chi connectivity index (χ1v) is 4.82. The summed E-state index contributed by atoms with van der Waals surface area (Å²) in [6, 6.07) is 0. The molecular formula is C11H16O2. The van der Waals surface area contributed by atoms with Gasteiger partial charge in [-0.3, -0.25) is 0 Å². The second-order valence-electron chi connectivity index (χ2n) is 5.21. The maximum atomic E-state index is 10.9. The van der Waals surface area contributed by atoms with Crippen molar-refractivity contribution < 1.29 is 9.90 Å². The van der Waals surface area contributed by atoms with E-state index >= 15 is 0 Å². The van der Waals surface area contributed by atoms with E-state index in [1.165, 1.54) is 0 Å². The number of carboxylic acids is 1. The fourth-order valence-electron chi connectivity index (χ4n) is 2.82. The highest BCUT2D eigenvalue weighted by Crippen LogP contribution is 2.67. The summed E-state index contributed by atoms with van der Waals surface area (Å²) in [6.07, 6.45) is 3.90. The normalized spacial score (nSPS) is 40.5. The lowest BCUT2D eigenvalue weighted by Gasteiger charge is -2.63. The van der Waals surface area contributed by atoms with Gasteiger partial charge < -0.3 is 5.11 Å². The molecule has 0 spiro atoms. The van der Waals surface area contributed by atoms with Gasteiger partial charge in [-0.05, 0) is 29.6 Å². The fourth-order valence-corrected chi connectivity index (χ4v) is 2.82. The number of fused-ring (bicyclic) bond motifs is 1. The third-order valence-electron chi connectivity index (χ3n) is 4.48. The third kappa shape index (κ3) is 0.862. The van der Waals surface area contributed by atoms with Crippen molar-refractivity contribution in [2.75, 3.05) is 0 Å². The van der Waals surface area contributed by atoms with Crippen molar-refractivity contribution in [3.05, 3.63) is 11.6 Å². The highest BCUT2D eigenvalue weighted by atomic mass is 16.4. The molecule has 2 heteroatoms. The van der Waals surface area contributed by atoms with Crippen LogP contribution in [0, 0.1) is 16.7 Å². The van der Waals surface area contributed by atoms with Crippen LogP contribution in [0.1, 0.15) is 33.6 Å². The van der Waals surface area contributed by atoms with Gasteiger partial charge in [0.1, 0.15) is 0 Å². The molecule has 0 radical (unpaired) electrons. The van der Waals surface area contributed by atoms with Crippen LogP contribution in [0.3, 0.4) is 0 Å². The predicted molar refractivity (Wildman–Crippen MR) is 50.3 cm³/mol. The standard InChI is InChI=1S/C11H16O2/c1-10(2)8-6-11(10,3)5-4-7(8)9(12)13/h4,8H,5-6H2,1-3H3,(H,12,13). The zero-order chi connectivity index (χ0) is 9.85. The molecule has 0 aromatic rings. The van der Waals surface area contributed by atoms with Crippen molar-refractivity contribution in [2.45, 2.75) is 33.6 Å². The number of carboxylic acid groups (broad SMARTS) is 1. The number of carbonyl (C=O) groups is 1. The summed E-state index contributed by atoms with van der Waals surface area (Å²) in [5.74, 6) is -0.441. The van der Waals surface area contributed by atoms with Crippen LogP contribution in [-0.2, 0) is 4.79 Å². The van der Waals surface area contributed by atoms with Crippen LogP contribution >= 0.6 is 0 Å². The van der Waals surface area contributed by atoms with Gasteiger partial charge in [-0.2, -0.15) is 0 Å². The number of hydrogen-bond donors (Lipinski definition) is 1. The molecule has 0 saturated heterocycles. The molecule has 0 heterocycles. The summed E-state index contributed by atoms with van der Waals surface area (Å²) in [5.41, 5.74) is 1.17. The number of aliphatic carboxylic acids is 1. The van der Waals surface area contributed by atoms with Crippen molar-refractivity contribution in [1.29, 1.82) is 0 Å². The molecule has 13 heavy (non-hydrogen) atoms. The molecule has 2 unspecified atom stereocenters. The molecule has 0 aliphatic heterocycles. The summed E-state index contributed by atoms with van der Waals surface area (Å²) in [6.45, 7) is 6.65. The van der Waals surface area contributed by atoms with E-state index in [0.29, 0.717) is 11.0 Å². The maximum Gasteiger partial charge on any atom is 0.331 e. The molecule has 2 nitrogen and oxygen atoms in total. The van der Waals surface area contributed by atoms with E-state index in [2.05, 4.69) is 20.8 Å². The number of rotatable bonds is 1. The van der Waals surface area contributed by atoms with Crippen LogP contribution in [0.2, 0.25) is 0 Å². The molecule has 2 bridgehead atoms. The Morgan fingerprint density at radius 3 is 2.54 bits per heavy atom. The Morgan fingerprint density at radius 1 is 1.54 bits per heavy atom. The molecule has 3 rings (SSSR count). The van der Waals surface area contributed by atoms with E-state index in [0.717, 1.165) is 12.8 Å². The highest BCUT2D eigenvalue weighted by molar-refractivity contribution is 5.88. The van der Waals surface area contributed by atoms with Gasteiger partial charge >= 0.3 is 5.97 Å². The maximum absolute atomic E-state index is 10.9. The number of allylic oxidation sites excluding steroid dienone is 1. The Labute approximate surface area is 78.6 Å². The van der Waals surface area contributed by atoms with Gasteiger partial charge in [0.25, 0.3) is 0 Å². The van der Waals surface area contributed by atoms with Crippen molar-refractivity contribution in [1.82, 2.24) is 0 Å². The largest absolute Gasteiger partial charge is 0.478 e. The lowest BCUT2D eigenvalue weighted by Crippen LogP contribution is -2.56. The Bertz CT molecular complexity index is 301. The Morgan fingerprint density at radius 2 is 2.15 bits per heavy atom. The van der Waals surface area contributed by atoms with Crippen molar-refractivity contribution in [3.63, 3.8) is 0 Å². The van der Waals surface area contributed by atoms with Crippen LogP contribution in [-0.4, -0.2) is 11.1 Å². The molecule has 3 aliphatic rings. The molecule has 0 aromatic heterocycles. The zero-order valence-electron chi connectivity index (χ0n) is 8.42. The second kappa shape index (κ2) is 2.17. The molecule has 1 fully saturated rings. The Kier molecular flexibility index (Phi) is 1.47. The first-order chi connectivity index (χ1) is 5.88. The van der Waals surface area contributed by atoms with Gasteiger partial charge in [-0.15, -0.1) is 0 Å². The zero-order valence-corrected chi connectivity index (χ0v) is 8.42. The lowest BCUT2D eigenvalue weighted by molar-refractivity contribution is -0.142. The average Bonchev–Trinajstić information content (AvgIpc) is 2.03. The summed E-state index contributed by atoms with van der Waals surface area (Å²) < 4.78 is 0. The van der Waals surface area contributed by atoms with Crippen LogP contribution in [0.5, 0.6) is 0 Å². The van der Waals surface area contributed by atoms with Gasteiger partial charge in [-0.25, -0.2) is 4.79 Å².